The minimum atomic E-state index is 0.449. The van der Waals surface area contributed by atoms with E-state index < -0.39 is 0 Å². The molecule has 0 amide bonds. The van der Waals surface area contributed by atoms with Crippen LogP contribution in [-0.2, 0) is 0 Å². The van der Waals surface area contributed by atoms with E-state index in [0.29, 0.717) is 10.8 Å². The Morgan fingerprint density at radius 3 is 2.18 bits per heavy atom. The molecule has 0 aromatic heterocycles. The van der Waals surface area contributed by atoms with Crippen molar-refractivity contribution in [2.24, 2.45) is 10.8 Å². The molecule has 0 heteroatoms. The standard InChI is InChI=1S/C17H30/c1-7-14(4)17(8-2,9-3)12-10-11-15-13-16(15,5)6/h7,11H,8-10,12-13H2,1-6H3. The van der Waals surface area contributed by atoms with Gasteiger partial charge in [-0.2, -0.15) is 0 Å². The fourth-order valence-corrected chi connectivity index (χ4v) is 2.97. The molecule has 0 bridgehead atoms. The summed E-state index contributed by atoms with van der Waals surface area (Å²) >= 11 is 0. The van der Waals surface area contributed by atoms with Gasteiger partial charge in [-0.15, -0.1) is 0 Å². The lowest BCUT2D eigenvalue weighted by Gasteiger charge is -2.33. The maximum Gasteiger partial charge on any atom is -0.00932 e. The summed E-state index contributed by atoms with van der Waals surface area (Å²) in [6, 6.07) is 0. The quantitative estimate of drug-likeness (QED) is 0.502. The molecule has 0 N–H and O–H groups in total. The summed E-state index contributed by atoms with van der Waals surface area (Å²) in [6.45, 7) is 13.9. The SMILES string of the molecule is CC=C(C)C(CC)(CC)CCC=C1CC1(C)C. The molecule has 1 fully saturated rings. The number of hydrogen-bond acceptors (Lipinski definition) is 0. The van der Waals surface area contributed by atoms with Gasteiger partial charge in [0.15, 0.2) is 0 Å². The van der Waals surface area contributed by atoms with Crippen molar-refractivity contribution >= 4 is 0 Å². The van der Waals surface area contributed by atoms with Crippen molar-refractivity contribution in [3.05, 3.63) is 23.3 Å². The molecule has 0 radical (unpaired) electrons. The molecule has 98 valence electrons. The molecular weight excluding hydrogens is 204 g/mol. The van der Waals surface area contributed by atoms with Crippen molar-refractivity contribution in [3.63, 3.8) is 0 Å². The van der Waals surface area contributed by atoms with Crippen LogP contribution < -0.4 is 0 Å². The molecule has 0 heterocycles. The molecule has 17 heavy (non-hydrogen) atoms. The van der Waals surface area contributed by atoms with Crippen LogP contribution in [0.5, 0.6) is 0 Å². The largest absolute Gasteiger partial charge is 0.0882 e. The van der Waals surface area contributed by atoms with Crippen LogP contribution in [-0.4, -0.2) is 0 Å². The van der Waals surface area contributed by atoms with Crippen LogP contribution in [0.2, 0.25) is 0 Å². The third-order valence-corrected chi connectivity index (χ3v) is 5.01. The Bertz CT molecular complexity index is 311. The molecule has 1 saturated carbocycles. The van der Waals surface area contributed by atoms with Crippen LogP contribution in [0.15, 0.2) is 23.3 Å². The summed E-state index contributed by atoms with van der Waals surface area (Å²) in [6.07, 6.45) is 11.2. The smallest absolute Gasteiger partial charge is 0.00932 e. The third kappa shape index (κ3) is 3.24. The van der Waals surface area contributed by atoms with Crippen molar-refractivity contribution in [2.75, 3.05) is 0 Å². The van der Waals surface area contributed by atoms with Gasteiger partial charge in [-0.25, -0.2) is 0 Å². The predicted molar refractivity (Wildman–Crippen MR) is 78.2 cm³/mol. The fourth-order valence-electron chi connectivity index (χ4n) is 2.97. The molecule has 0 aliphatic heterocycles. The second-order valence-electron chi connectivity index (χ2n) is 6.29. The van der Waals surface area contributed by atoms with E-state index in [0.717, 1.165) is 0 Å². The summed E-state index contributed by atoms with van der Waals surface area (Å²) in [5.41, 5.74) is 4.23. The van der Waals surface area contributed by atoms with Gasteiger partial charge in [0.2, 0.25) is 0 Å². The minimum absolute atomic E-state index is 0.449. The highest BCUT2D eigenvalue weighted by Gasteiger charge is 2.38. The Hall–Kier alpha value is -0.520. The first-order chi connectivity index (χ1) is 7.91. The summed E-state index contributed by atoms with van der Waals surface area (Å²) in [5, 5.41) is 0. The summed E-state index contributed by atoms with van der Waals surface area (Å²) < 4.78 is 0. The normalized spacial score (nSPS) is 22.0. The Morgan fingerprint density at radius 1 is 1.29 bits per heavy atom. The summed E-state index contributed by atoms with van der Waals surface area (Å²) in [7, 11) is 0. The molecule has 0 atom stereocenters. The van der Waals surface area contributed by atoms with Gasteiger partial charge in [-0.05, 0) is 56.8 Å². The van der Waals surface area contributed by atoms with E-state index in [1.165, 1.54) is 32.1 Å². The van der Waals surface area contributed by atoms with Gasteiger partial charge >= 0.3 is 0 Å². The van der Waals surface area contributed by atoms with Gasteiger partial charge in [-0.3, -0.25) is 0 Å². The molecule has 0 aromatic carbocycles. The first kappa shape index (κ1) is 14.5. The van der Waals surface area contributed by atoms with Crippen molar-refractivity contribution in [1.82, 2.24) is 0 Å². The Labute approximate surface area is 108 Å². The molecule has 0 nitrogen and oxygen atoms in total. The van der Waals surface area contributed by atoms with Crippen molar-refractivity contribution in [2.45, 2.75) is 73.6 Å². The molecule has 0 unspecified atom stereocenters. The van der Waals surface area contributed by atoms with Crippen molar-refractivity contribution in [1.29, 1.82) is 0 Å². The number of allylic oxidation sites excluding steroid dienone is 4. The monoisotopic (exact) mass is 234 g/mol. The van der Waals surface area contributed by atoms with Gasteiger partial charge in [0.05, 0.1) is 0 Å². The van der Waals surface area contributed by atoms with Crippen LogP contribution in [0.3, 0.4) is 0 Å². The second kappa shape index (κ2) is 5.42. The maximum absolute atomic E-state index is 2.50. The van der Waals surface area contributed by atoms with E-state index in [1.54, 1.807) is 11.1 Å². The van der Waals surface area contributed by atoms with E-state index in [-0.39, 0.29) is 0 Å². The van der Waals surface area contributed by atoms with Gasteiger partial charge in [-0.1, -0.05) is 51.0 Å². The zero-order valence-corrected chi connectivity index (χ0v) is 12.7. The van der Waals surface area contributed by atoms with Gasteiger partial charge in [0.25, 0.3) is 0 Å². The molecule has 1 rings (SSSR count). The topological polar surface area (TPSA) is 0 Å². The average molecular weight is 234 g/mol. The van der Waals surface area contributed by atoms with Crippen molar-refractivity contribution in [3.8, 4) is 0 Å². The van der Waals surface area contributed by atoms with E-state index in [9.17, 15) is 0 Å². The van der Waals surface area contributed by atoms with Gasteiger partial charge in [0.1, 0.15) is 0 Å². The maximum atomic E-state index is 2.50. The zero-order chi connectivity index (χ0) is 13.1. The van der Waals surface area contributed by atoms with Crippen LogP contribution >= 0.6 is 0 Å². The summed E-state index contributed by atoms with van der Waals surface area (Å²) in [5.74, 6) is 0. The van der Waals surface area contributed by atoms with E-state index >= 15 is 0 Å². The second-order valence-corrected chi connectivity index (χ2v) is 6.29. The fraction of sp³-hybridized carbons (Fsp3) is 0.765. The first-order valence-corrected chi connectivity index (χ1v) is 7.24. The molecular formula is C17H30. The van der Waals surface area contributed by atoms with Gasteiger partial charge < -0.3 is 0 Å². The molecule has 0 saturated heterocycles. The van der Waals surface area contributed by atoms with Crippen LogP contribution in [0.1, 0.15) is 73.6 Å². The molecule has 1 aliphatic rings. The highest BCUT2D eigenvalue weighted by molar-refractivity contribution is 5.29. The van der Waals surface area contributed by atoms with E-state index in [1.807, 2.05) is 0 Å². The minimum Gasteiger partial charge on any atom is -0.0882 e. The van der Waals surface area contributed by atoms with Crippen molar-refractivity contribution < 1.29 is 0 Å². The highest BCUT2D eigenvalue weighted by atomic mass is 14.4. The number of rotatable bonds is 6. The zero-order valence-electron chi connectivity index (χ0n) is 12.7. The Kier molecular flexibility index (Phi) is 4.63. The lowest BCUT2D eigenvalue weighted by atomic mass is 9.72. The lowest BCUT2D eigenvalue weighted by Crippen LogP contribution is -2.20. The number of hydrogen-bond donors (Lipinski definition) is 0. The van der Waals surface area contributed by atoms with Crippen LogP contribution in [0.25, 0.3) is 0 Å². The summed E-state index contributed by atoms with van der Waals surface area (Å²) in [4.78, 5) is 0. The molecule has 0 aromatic rings. The average Bonchev–Trinajstić information content (AvgIpc) is 2.92. The first-order valence-electron chi connectivity index (χ1n) is 7.24. The predicted octanol–water partition coefficient (Wildman–Crippen LogP) is 5.90. The Morgan fingerprint density at radius 2 is 1.82 bits per heavy atom. The van der Waals surface area contributed by atoms with E-state index in [2.05, 4.69) is 53.7 Å². The third-order valence-electron chi connectivity index (χ3n) is 5.01. The lowest BCUT2D eigenvalue weighted by molar-refractivity contribution is 0.302. The highest BCUT2D eigenvalue weighted by Crippen LogP contribution is 2.51. The van der Waals surface area contributed by atoms with Gasteiger partial charge in [0, 0.05) is 0 Å². The van der Waals surface area contributed by atoms with E-state index in [4.69, 9.17) is 0 Å². The Balaban J connectivity index is 2.60. The molecule has 1 aliphatic carbocycles. The molecule has 0 spiro atoms. The van der Waals surface area contributed by atoms with Crippen LogP contribution in [0, 0.1) is 10.8 Å². The van der Waals surface area contributed by atoms with Crippen LogP contribution in [0.4, 0.5) is 0 Å².